The van der Waals surface area contributed by atoms with Crippen LogP contribution in [0.5, 0.6) is 0 Å². The number of rotatable bonds is 0. The second kappa shape index (κ2) is 2.70. The van der Waals surface area contributed by atoms with Gasteiger partial charge >= 0.3 is 0 Å². The largest absolute Gasteiger partial charge is 0.464 e. The Kier molecular flexibility index (Phi) is 1.36. The van der Waals surface area contributed by atoms with Crippen molar-refractivity contribution in [3.05, 3.63) is 47.3 Å². The molecule has 0 unspecified atom stereocenters. The van der Waals surface area contributed by atoms with E-state index in [4.69, 9.17) is 4.42 Å². The fourth-order valence-corrected chi connectivity index (χ4v) is 2.31. The molecule has 2 heterocycles. The minimum Gasteiger partial charge on any atom is -0.464 e. The molecule has 3 heteroatoms. The van der Waals surface area contributed by atoms with E-state index in [1.165, 1.54) is 5.39 Å². The van der Waals surface area contributed by atoms with Crippen LogP contribution in [0, 0.1) is 0 Å². The van der Waals surface area contributed by atoms with Gasteiger partial charge in [-0.3, -0.25) is 9.98 Å². The van der Waals surface area contributed by atoms with Crippen LogP contribution in [0.1, 0.15) is 0 Å². The molecule has 1 aliphatic heterocycles. The Bertz CT molecular complexity index is 830. The third-order valence-electron chi connectivity index (χ3n) is 3.04. The molecule has 2 aromatic carbocycles. The fourth-order valence-electron chi connectivity index (χ4n) is 2.31. The summed E-state index contributed by atoms with van der Waals surface area (Å²) in [6.45, 7) is 0.544. The summed E-state index contributed by atoms with van der Waals surface area (Å²) in [6.07, 6.45) is 1.72. The Hall–Kier alpha value is -2.16. The minimum absolute atomic E-state index is 0.544. The average Bonchev–Trinajstić information content (AvgIpc) is 2.96. The highest BCUT2D eigenvalue weighted by Gasteiger charge is 2.07. The smallest absolute Gasteiger partial charge is 0.134 e. The van der Waals surface area contributed by atoms with E-state index in [9.17, 15) is 0 Å². The van der Waals surface area contributed by atoms with E-state index in [0.717, 1.165) is 27.1 Å². The Labute approximate surface area is 90.7 Å². The molecule has 0 N–H and O–H groups in total. The van der Waals surface area contributed by atoms with Gasteiger partial charge in [-0.25, -0.2) is 0 Å². The Morgan fingerprint density at radius 1 is 1.00 bits per heavy atom. The van der Waals surface area contributed by atoms with Gasteiger partial charge in [0.2, 0.25) is 0 Å². The lowest BCUT2D eigenvalue weighted by Crippen LogP contribution is -2.22. The van der Waals surface area contributed by atoms with Crippen LogP contribution >= 0.6 is 0 Å². The van der Waals surface area contributed by atoms with Crippen LogP contribution in [0.3, 0.4) is 0 Å². The van der Waals surface area contributed by atoms with Crippen LogP contribution in [0.4, 0.5) is 0 Å². The molecule has 0 saturated carbocycles. The monoisotopic (exact) mass is 208 g/mol. The van der Waals surface area contributed by atoms with Crippen molar-refractivity contribution < 1.29 is 4.42 Å². The molecule has 0 atom stereocenters. The predicted octanol–water partition coefficient (Wildman–Crippen LogP) is 1.80. The summed E-state index contributed by atoms with van der Waals surface area (Å²) in [5, 5.41) is 5.46. The van der Waals surface area contributed by atoms with Gasteiger partial charge in [0.15, 0.2) is 0 Å². The van der Waals surface area contributed by atoms with Gasteiger partial charge in [-0.15, -0.1) is 0 Å². The maximum Gasteiger partial charge on any atom is 0.134 e. The van der Waals surface area contributed by atoms with E-state index in [2.05, 4.69) is 22.1 Å². The zero-order valence-electron chi connectivity index (χ0n) is 8.47. The van der Waals surface area contributed by atoms with Gasteiger partial charge in [-0.2, -0.15) is 0 Å². The van der Waals surface area contributed by atoms with E-state index in [-0.39, 0.29) is 0 Å². The quantitative estimate of drug-likeness (QED) is 0.555. The second-order valence-corrected chi connectivity index (χ2v) is 3.89. The molecule has 1 aliphatic rings. The first-order valence-corrected chi connectivity index (χ1v) is 5.21. The van der Waals surface area contributed by atoms with Crippen molar-refractivity contribution in [2.24, 2.45) is 9.98 Å². The van der Waals surface area contributed by atoms with Gasteiger partial charge in [-0.05, 0) is 23.6 Å². The summed E-state index contributed by atoms with van der Waals surface area (Å²) in [6, 6.07) is 10.2. The zero-order valence-corrected chi connectivity index (χ0v) is 8.47. The highest BCUT2D eigenvalue weighted by Crippen LogP contribution is 2.22. The number of benzene rings is 2. The lowest BCUT2D eigenvalue weighted by Gasteiger charge is -1.98. The van der Waals surface area contributed by atoms with Crippen molar-refractivity contribution in [1.82, 2.24) is 0 Å². The van der Waals surface area contributed by atoms with Crippen molar-refractivity contribution in [1.29, 1.82) is 0 Å². The number of furan rings is 1. The predicted molar refractivity (Wildman–Crippen MR) is 60.9 cm³/mol. The van der Waals surface area contributed by atoms with Crippen molar-refractivity contribution in [3.63, 3.8) is 0 Å². The van der Waals surface area contributed by atoms with Crippen LogP contribution in [0.25, 0.3) is 21.7 Å². The molecule has 0 aliphatic carbocycles. The van der Waals surface area contributed by atoms with E-state index < -0.39 is 0 Å². The molecular formula is C13H8N2O. The highest BCUT2D eigenvalue weighted by atomic mass is 16.3. The molecule has 0 spiro atoms. The molecule has 0 bridgehead atoms. The molecule has 1 aromatic heterocycles. The van der Waals surface area contributed by atoms with Gasteiger partial charge in [0.05, 0.1) is 17.0 Å². The van der Waals surface area contributed by atoms with Crippen LogP contribution in [-0.4, -0.2) is 6.67 Å². The SMILES string of the molecule is c1cc2c(ccc3ccc4c(c32)=NCN=4)o1. The van der Waals surface area contributed by atoms with Crippen LogP contribution in [0.15, 0.2) is 51.0 Å². The first-order valence-electron chi connectivity index (χ1n) is 5.21. The normalized spacial score (nSPS) is 13.8. The first-order chi connectivity index (χ1) is 7.93. The van der Waals surface area contributed by atoms with Gasteiger partial charge < -0.3 is 4.42 Å². The molecule has 3 aromatic rings. The molecule has 76 valence electrons. The molecule has 0 saturated heterocycles. The Morgan fingerprint density at radius 2 is 1.94 bits per heavy atom. The van der Waals surface area contributed by atoms with E-state index in [1.54, 1.807) is 6.26 Å². The molecule has 16 heavy (non-hydrogen) atoms. The van der Waals surface area contributed by atoms with E-state index in [0.29, 0.717) is 6.67 Å². The van der Waals surface area contributed by atoms with Gasteiger partial charge in [0.1, 0.15) is 12.3 Å². The summed E-state index contributed by atoms with van der Waals surface area (Å²) < 4.78 is 5.41. The van der Waals surface area contributed by atoms with Crippen molar-refractivity contribution in [3.8, 4) is 0 Å². The third-order valence-corrected chi connectivity index (χ3v) is 3.04. The summed E-state index contributed by atoms with van der Waals surface area (Å²) in [4.78, 5) is 8.79. The summed E-state index contributed by atoms with van der Waals surface area (Å²) >= 11 is 0. The van der Waals surface area contributed by atoms with Crippen LogP contribution < -0.4 is 10.7 Å². The molecule has 0 amide bonds. The van der Waals surface area contributed by atoms with Crippen molar-refractivity contribution >= 4 is 21.7 Å². The molecule has 0 fully saturated rings. The lowest BCUT2D eigenvalue weighted by molar-refractivity contribution is 0.616. The standard InChI is InChI=1S/C13H8N2O/c1-3-10-13(15-7-14-10)12-8(1)2-4-11-9(12)5-6-16-11/h1-6H,7H2. The summed E-state index contributed by atoms with van der Waals surface area (Å²) in [7, 11) is 0. The summed E-state index contributed by atoms with van der Waals surface area (Å²) in [5.41, 5.74) is 0.906. The highest BCUT2D eigenvalue weighted by molar-refractivity contribution is 6.05. The van der Waals surface area contributed by atoms with Crippen LogP contribution in [-0.2, 0) is 0 Å². The summed E-state index contributed by atoms with van der Waals surface area (Å²) in [5.74, 6) is 0. The second-order valence-electron chi connectivity index (χ2n) is 3.89. The first kappa shape index (κ1) is 8.05. The number of hydrogen-bond acceptors (Lipinski definition) is 3. The Balaban J connectivity index is 2.46. The molecule has 0 radical (unpaired) electrons. The van der Waals surface area contributed by atoms with Gasteiger partial charge in [-0.1, -0.05) is 12.1 Å². The van der Waals surface area contributed by atoms with Gasteiger partial charge in [0, 0.05) is 10.8 Å². The molecular weight excluding hydrogens is 200 g/mol. The maximum absolute atomic E-state index is 5.41. The van der Waals surface area contributed by atoms with E-state index in [1.807, 2.05) is 18.2 Å². The van der Waals surface area contributed by atoms with Crippen molar-refractivity contribution in [2.45, 2.75) is 0 Å². The zero-order chi connectivity index (χ0) is 10.5. The van der Waals surface area contributed by atoms with Crippen molar-refractivity contribution in [2.75, 3.05) is 6.67 Å². The third kappa shape index (κ3) is 0.877. The topological polar surface area (TPSA) is 37.9 Å². The van der Waals surface area contributed by atoms with E-state index >= 15 is 0 Å². The maximum atomic E-state index is 5.41. The van der Waals surface area contributed by atoms with Crippen LogP contribution in [0.2, 0.25) is 0 Å². The lowest BCUT2D eigenvalue weighted by atomic mass is 10.1. The average molecular weight is 208 g/mol. The van der Waals surface area contributed by atoms with Gasteiger partial charge in [0.25, 0.3) is 0 Å². The fraction of sp³-hybridized carbons (Fsp3) is 0.0769. The number of nitrogens with zero attached hydrogens (tertiary/aromatic N) is 2. The Morgan fingerprint density at radius 3 is 2.94 bits per heavy atom. The number of fused-ring (bicyclic) bond motifs is 5. The molecule has 3 nitrogen and oxygen atoms in total. The minimum atomic E-state index is 0.544. The number of hydrogen-bond donors (Lipinski definition) is 0. The molecule has 4 rings (SSSR count).